The molecule has 4 nitrogen and oxygen atoms in total. The van der Waals surface area contributed by atoms with Gasteiger partial charge in [0, 0.05) is 11.1 Å². The van der Waals surface area contributed by atoms with Gasteiger partial charge in [-0.1, -0.05) is 24.0 Å². The number of hydrogen-bond acceptors (Lipinski definition) is 4. The smallest absolute Gasteiger partial charge is 0.120 e. The Bertz CT molecular complexity index is 1030. The molecule has 0 saturated heterocycles. The van der Waals surface area contributed by atoms with Crippen LogP contribution in [0.3, 0.4) is 0 Å². The Kier molecular flexibility index (Phi) is 6.36. The molecule has 28 heavy (non-hydrogen) atoms. The fourth-order valence-corrected chi connectivity index (χ4v) is 3.82. The largest absolute Gasteiger partial charge is 0.508 e. The Morgan fingerprint density at radius 3 is 2.14 bits per heavy atom. The Morgan fingerprint density at radius 2 is 1.50 bits per heavy atom. The monoisotopic (exact) mass is 392 g/mol. The quantitative estimate of drug-likeness (QED) is 0.664. The summed E-state index contributed by atoms with van der Waals surface area (Å²) in [5.41, 5.74) is 2.39. The van der Waals surface area contributed by atoms with E-state index in [-0.39, 0.29) is 5.75 Å². The van der Waals surface area contributed by atoms with E-state index in [2.05, 4.69) is 11.8 Å². The molecule has 0 spiro atoms. The van der Waals surface area contributed by atoms with Crippen LogP contribution in [0.4, 0.5) is 0 Å². The molecule has 0 radical (unpaired) electrons. The summed E-state index contributed by atoms with van der Waals surface area (Å²) in [5, 5.41) is 9.38. The van der Waals surface area contributed by atoms with Gasteiger partial charge in [-0.05, 0) is 60.2 Å². The third kappa shape index (κ3) is 4.93. The number of aromatic hydroxyl groups is 1. The molecule has 1 unspecified atom stereocenters. The summed E-state index contributed by atoms with van der Waals surface area (Å²) in [7, 11) is 1.90. The zero-order valence-corrected chi connectivity index (χ0v) is 16.5. The van der Waals surface area contributed by atoms with Gasteiger partial charge in [0.1, 0.15) is 17.2 Å². The molecule has 3 rings (SSSR count). The van der Waals surface area contributed by atoms with E-state index in [9.17, 15) is 9.32 Å². The molecule has 0 heterocycles. The lowest BCUT2D eigenvalue weighted by molar-refractivity contribution is 0.413. The van der Waals surface area contributed by atoms with Crippen molar-refractivity contribution in [2.75, 3.05) is 14.2 Å². The maximum absolute atomic E-state index is 13.0. The Balaban J connectivity index is 1.89. The normalized spacial score (nSPS) is 11.2. The first-order valence-corrected chi connectivity index (χ1v) is 9.91. The van der Waals surface area contributed by atoms with Crippen molar-refractivity contribution >= 4 is 10.8 Å². The third-order valence-electron chi connectivity index (χ3n) is 4.10. The molecule has 3 aromatic rings. The number of phenols is 1. The molecule has 3 aromatic carbocycles. The second-order valence-electron chi connectivity index (χ2n) is 6.00. The van der Waals surface area contributed by atoms with Crippen molar-refractivity contribution in [1.29, 1.82) is 0 Å². The minimum atomic E-state index is -1.29. The highest BCUT2D eigenvalue weighted by Crippen LogP contribution is 2.23. The molecule has 0 aromatic heterocycles. The Hall–Kier alpha value is -3.23. The minimum Gasteiger partial charge on any atom is -0.508 e. The zero-order chi connectivity index (χ0) is 19.9. The van der Waals surface area contributed by atoms with Crippen LogP contribution in [0.1, 0.15) is 16.7 Å². The maximum atomic E-state index is 13.0. The maximum Gasteiger partial charge on any atom is 0.120 e. The summed E-state index contributed by atoms with van der Waals surface area (Å²) in [6.07, 6.45) is 0. The first-order chi connectivity index (χ1) is 13.6. The van der Waals surface area contributed by atoms with Gasteiger partial charge in [0.05, 0.1) is 35.7 Å². The van der Waals surface area contributed by atoms with Crippen molar-refractivity contribution in [3.8, 4) is 29.1 Å². The minimum absolute atomic E-state index is 0.191. The molecule has 0 aliphatic carbocycles. The highest BCUT2D eigenvalue weighted by atomic mass is 32.2. The predicted molar refractivity (Wildman–Crippen MR) is 110 cm³/mol. The van der Waals surface area contributed by atoms with E-state index in [0.717, 1.165) is 16.9 Å². The number of benzene rings is 3. The number of methoxy groups -OCH3 is 2. The third-order valence-corrected chi connectivity index (χ3v) is 5.52. The lowest BCUT2D eigenvalue weighted by Gasteiger charge is -2.08. The molecule has 0 saturated carbocycles. The Labute approximate surface area is 167 Å². The van der Waals surface area contributed by atoms with Crippen molar-refractivity contribution < 1.29 is 18.8 Å². The van der Waals surface area contributed by atoms with Crippen LogP contribution >= 0.6 is 0 Å². The van der Waals surface area contributed by atoms with Crippen molar-refractivity contribution in [2.24, 2.45) is 0 Å². The van der Waals surface area contributed by atoms with E-state index < -0.39 is 10.8 Å². The van der Waals surface area contributed by atoms with Crippen LogP contribution in [0.25, 0.3) is 0 Å². The van der Waals surface area contributed by atoms with Crippen molar-refractivity contribution in [2.45, 2.75) is 10.6 Å². The van der Waals surface area contributed by atoms with E-state index in [1.54, 1.807) is 50.6 Å². The topological polar surface area (TPSA) is 55.8 Å². The summed E-state index contributed by atoms with van der Waals surface area (Å²) in [5.74, 6) is 8.08. The first-order valence-electron chi connectivity index (χ1n) is 8.59. The fourth-order valence-electron chi connectivity index (χ4n) is 2.56. The van der Waals surface area contributed by atoms with Crippen molar-refractivity contribution in [3.05, 3.63) is 83.4 Å². The van der Waals surface area contributed by atoms with Gasteiger partial charge >= 0.3 is 0 Å². The van der Waals surface area contributed by atoms with Gasteiger partial charge in [-0.3, -0.25) is 4.21 Å². The number of hydrogen-bond donors (Lipinski definition) is 1. The zero-order valence-electron chi connectivity index (χ0n) is 15.6. The van der Waals surface area contributed by atoms with Crippen LogP contribution in [0.2, 0.25) is 0 Å². The van der Waals surface area contributed by atoms with Crippen LogP contribution in [0, 0.1) is 11.8 Å². The van der Waals surface area contributed by atoms with Crippen LogP contribution in [0.5, 0.6) is 17.2 Å². The molecule has 0 bridgehead atoms. The second-order valence-corrected chi connectivity index (χ2v) is 7.42. The highest BCUT2D eigenvalue weighted by Gasteiger charge is 2.12. The van der Waals surface area contributed by atoms with E-state index in [4.69, 9.17) is 9.47 Å². The average Bonchev–Trinajstić information content (AvgIpc) is 2.73. The molecule has 1 N–H and O–H groups in total. The van der Waals surface area contributed by atoms with Crippen LogP contribution in [-0.4, -0.2) is 23.5 Å². The standard InChI is InChI=1S/C23H20O4S/c1-26-21-12-6-18(7-13-21)16-28(25)23-15-22(27-2)14-9-19(23)8-3-17-4-10-20(24)11-5-17/h4-7,9-15,24H,16H2,1-2H3. The Morgan fingerprint density at radius 1 is 0.857 bits per heavy atom. The van der Waals surface area contributed by atoms with Crippen LogP contribution in [0.15, 0.2) is 71.6 Å². The predicted octanol–water partition coefficient (Wildman–Crippen LogP) is 4.12. The highest BCUT2D eigenvalue weighted by molar-refractivity contribution is 7.84. The van der Waals surface area contributed by atoms with E-state index in [0.29, 0.717) is 22.0 Å². The number of phenolic OH excluding ortho intramolecular Hbond substituents is 1. The molecule has 0 aliphatic heterocycles. The summed E-state index contributed by atoms with van der Waals surface area (Å²) >= 11 is 0. The molecular formula is C23H20O4S. The van der Waals surface area contributed by atoms with Crippen molar-refractivity contribution in [3.63, 3.8) is 0 Å². The van der Waals surface area contributed by atoms with Gasteiger partial charge in [0.25, 0.3) is 0 Å². The van der Waals surface area contributed by atoms with Gasteiger partial charge in [0.2, 0.25) is 0 Å². The van der Waals surface area contributed by atoms with Gasteiger partial charge < -0.3 is 14.6 Å². The van der Waals surface area contributed by atoms with E-state index in [1.165, 1.54) is 0 Å². The molecule has 5 heteroatoms. The van der Waals surface area contributed by atoms with Gasteiger partial charge in [0.15, 0.2) is 0 Å². The molecule has 142 valence electrons. The lowest BCUT2D eigenvalue weighted by atomic mass is 10.1. The average molecular weight is 392 g/mol. The van der Waals surface area contributed by atoms with Crippen molar-refractivity contribution in [1.82, 2.24) is 0 Å². The summed E-state index contributed by atoms with van der Waals surface area (Å²) in [6.45, 7) is 0. The molecule has 1 atom stereocenters. The summed E-state index contributed by atoms with van der Waals surface area (Å²) in [4.78, 5) is 0.626. The van der Waals surface area contributed by atoms with Gasteiger partial charge in [-0.25, -0.2) is 0 Å². The van der Waals surface area contributed by atoms with Crippen LogP contribution < -0.4 is 9.47 Å². The number of rotatable bonds is 5. The van der Waals surface area contributed by atoms with E-state index in [1.807, 2.05) is 30.3 Å². The van der Waals surface area contributed by atoms with Crippen LogP contribution in [-0.2, 0) is 16.6 Å². The fraction of sp³-hybridized carbons (Fsp3) is 0.130. The van der Waals surface area contributed by atoms with Gasteiger partial charge in [-0.2, -0.15) is 0 Å². The lowest BCUT2D eigenvalue weighted by Crippen LogP contribution is -2.00. The summed E-state index contributed by atoms with van der Waals surface area (Å²) in [6, 6.07) is 19.5. The molecular weight excluding hydrogens is 372 g/mol. The molecule has 0 fully saturated rings. The second kappa shape index (κ2) is 9.12. The molecule has 0 aliphatic rings. The first kappa shape index (κ1) is 19.5. The van der Waals surface area contributed by atoms with Gasteiger partial charge in [-0.15, -0.1) is 0 Å². The molecule has 0 amide bonds. The van der Waals surface area contributed by atoms with E-state index >= 15 is 0 Å². The summed E-state index contributed by atoms with van der Waals surface area (Å²) < 4.78 is 23.5. The number of ether oxygens (including phenoxy) is 2. The SMILES string of the molecule is COc1ccc(CS(=O)c2cc(OC)ccc2C#Cc2ccc(O)cc2)cc1.